The quantitative estimate of drug-likeness (QED) is 0.482. The summed E-state index contributed by atoms with van der Waals surface area (Å²) >= 11 is 0. The van der Waals surface area contributed by atoms with Gasteiger partial charge in [0.2, 0.25) is 0 Å². The third-order valence-corrected chi connectivity index (χ3v) is 9.46. The maximum absolute atomic E-state index is 11.4. The van der Waals surface area contributed by atoms with Crippen molar-refractivity contribution in [3.05, 3.63) is 0 Å². The van der Waals surface area contributed by atoms with Crippen molar-refractivity contribution in [2.75, 3.05) is 0 Å². The van der Waals surface area contributed by atoms with E-state index in [9.17, 15) is 25.5 Å². The molecule has 0 amide bonds. The van der Waals surface area contributed by atoms with Crippen molar-refractivity contribution in [1.29, 1.82) is 0 Å². The molecule has 0 aromatic heterocycles. The van der Waals surface area contributed by atoms with E-state index >= 15 is 0 Å². The Kier molecular flexibility index (Phi) is 4.34. The topological polar surface area (TPSA) is 101 Å². The van der Waals surface area contributed by atoms with Crippen LogP contribution in [0.4, 0.5) is 0 Å². The number of fused-ring (bicyclic) bond motifs is 5. The van der Waals surface area contributed by atoms with Crippen molar-refractivity contribution >= 4 is 0 Å². The Balaban J connectivity index is 1.70. The van der Waals surface area contributed by atoms with Crippen molar-refractivity contribution in [3.63, 3.8) is 0 Å². The second kappa shape index (κ2) is 5.90. The van der Waals surface area contributed by atoms with Crippen LogP contribution in [0.15, 0.2) is 0 Å². The maximum Gasteiger partial charge on any atom is 0.0985 e. The first-order valence-corrected chi connectivity index (χ1v) is 10.5. The number of hydrogen-bond acceptors (Lipinski definition) is 5. The summed E-state index contributed by atoms with van der Waals surface area (Å²) in [6.45, 7) is 6.10. The zero-order valence-corrected chi connectivity index (χ0v) is 16.3. The first-order valence-electron chi connectivity index (χ1n) is 10.5. The van der Waals surface area contributed by atoms with Gasteiger partial charge in [0.1, 0.15) is 0 Å². The highest BCUT2D eigenvalue weighted by Gasteiger charge is 2.68. The fourth-order valence-electron chi connectivity index (χ4n) is 8.18. The molecular formula is C21H36O5. The molecule has 0 aromatic rings. The van der Waals surface area contributed by atoms with E-state index < -0.39 is 35.4 Å². The zero-order chi connectivity index (χ0) is 19.1. The average molecular weight is 369 g/mol. The Labute approximate surface area is 156 Å². The van der Waals surface area contributed by atoms with Gasteiger partial charge in [0.05, 0.1) is 30.0 Å². The molecule has 0 saturated heterocycles. The molecular weight excluding hydrogens is 332 g/mol. The van der Waals surface area contributed by atoms with Crippen molar-refractivity contribution in [2.45, 2.75) is 95.7 Å². The Hall–Kier alpha value is -0.200. The molecule has 4 rings (SSSR count). The van der Waals surface area contributed by atoms with E-state index in [4.69, 9.17) is 0 Å². The van der Waals surface area contributed by atoms with E-state index in [1.165, 1.54) is 0 Å². The van der Waals surface area contributed by atoms with Crippen molar-refractivity contribution in [1.82, 2.24) is 0 Å². The number of hydrogen-bond donors (Lipinski definition) is 5. The molecule has 4 fully saturated rings. The summed E-state index contributed by atoms with van der Waals surface area (Å²) < 4.78 is 0. The molecule has 0 heterocycles. The van der Waals surface area contributed by atoms with E-state index in [-0.39, 0.29) is 29.6 Å². The highest BCUT2D eigenvalue weighted by Crippen LogP contribution is 2.68. The van der Waals surface area contributed by atoms with Gasteiger partial charge >= 0.3 is 0 Å². The number of aliphatic hydroxyl groups is 5. The second-order valence-electron chi connectivity index (χ2n) is 10.5. The molecule has 0 aliphatic heterocycles. The van der Waals surface area contributed by atoms with Crippen LogP contribution >= 0.6 is 0 Å². The smallest absolute Gasteiger partial charge is 0.0985 e. The molecule has 5 nitrogen and oxygen atoms in total. The minimum Gasteiger partial charge on any atom is -0.393 e. The van der Waals surface area contributed by atoms with E-state index in [1.807, 2.05) is 0 Å². The van der Waals surface area contributed by atoms with Gasteiger partial charge in [-0.3, -0.25) is 0 Å². The predicted molar refractivity (Wildman–Crippen MR) is 97.1 cm³/mol. The Morgan fingerprint density at radius 2 is 1.65 bits per heavy atom. The molecule has 0 unspecified atom stereocenters. The van der Waals surface area contributed by atoms with Crippen LogP contribution in [0.25, 0.3) is 0 Å². The maximum atomic E-state index is 11.4. The van der Waals surface area contributed by atoms with Crippen LogP contribution in [0.1, 0.15) is 65.7 Å². The SMILES string of the molecule is C[C@@H](O)[C@H]1[C@@H](O)C[C@H]2[C@@H]3C[C@@H](O)[C@@]4(O)C[C@@H](O)CC[C@]4(C)[C@H]3CC[C@]12C. The molecule has 4 aliphatic rings. The Morgan fingerprint density at radius 1 is 0.962 bits per heavy atom. The van der Waals surface area contributed by atoms with Gasteiger partial charge in [-0.2, -0.15) is 0 Å². The van der Waals surface area contributed by atoms with Gasteiger partial charge in [0.25, 0.3) is 0 Å². The summed E-state index contributed by atoms with van der Waals surface area (Å²) in [6.07, 6.45) is 2.35. The molecule has 11 atom stereocenters. The van der Waals surface area contributed by atoms with Crippen LogP contribution in [0, 0.1) is 34.5 Å². The molecule has 0 bridgehead atoms. The van der Waals surface area contributed by atoms with Gasteiger partial charge in [-0.25, -0.2) is 0 Å². The number of rotatable bonds is 1. The van der Waals surface area contributed by atoms with Gasteiger partial charge in [0.15, 0.2) is 0 Å². The zero-order valence-electron chi connectivity index (χ0n) is 16.3. The van der Waals surface area contributed by atoms with Gasteiger partial charge < -0.3 is 25.5 Å². The van der Waals surface area contributed by atoms with Gasteiger partial charge in [-0.1, -0.05) is 13.8 Å². The fourth-order valence-corrected chi connectivity index (χ4v) is 8.18. The lowest BCUT2D eigenvalue weighted by Crippen LogP contribution is -2.68. The van der Waals surface area contributed by atoms with Crippen LogP contribution in [-0.4, -0.2) is 55.5 Å². The molecule has 150 valence electrons. The lowest BCUT2D eigenvalue weighted by molar-refractivity contribution is -0.265. The van der Waals surface area contributed by atoms with Crippen molar-refractivity contribution in [2.24, 2.45) is 34.5 Å². The van der Waals surface area contributed by atoms with Gasteiger partial charge in [0, 0.05) is 17.8 Å². The molecule has 0 aromatic carbocycles. The first kappa shape index (κ1) is 19.1. The van der Waals surface area contributed by atoms with Crippen LogP contribution in [0.3, 0.4) is 0 Å². The first-order chi connectivity index (χ1) is 12.0. The summed E-state index contributed by atoms with van der Waals surface area (Å²) in [7, 11) is 0. The highest BCUT2D eigenvalue weighted by atomic mass is 16.3. The minimum atomic E-state index is -1.22. The lowest BCUT2D eigenvalue weighted by atomic mass is 9.42. The summed E-state index contributed by atoms with van der Waals surface area (Å²) in [5.74, 6) is 0.690. The fraction of sp³-hybridized carbons (Fsp3) is 1.00. The molecule has 0 radical (unpaired) electrons. The van der Waals surface area contributed by atoms with Crippen LogP contribution in [0.5, 0.6) is 0 Å². The molecule has 5 N–H and O–H groups in total. The largest absolute Gasteiger partial charge is 0.393 e. The van der Waals surface area contributed by atoms with Crippen LogP contribution in [0.2, 0.25) is 0 Å². The molecule has 4 aliphatic carbocycles. The average Bonchev–Trinajstić information content (AvgIpc) is 2.81. The monoisotopic (exact) mass is 368 g/mol. The normalized spacial score (nSPS) is 60.7. The molecule has 26 heavy (non-hydrogen) atoms. The predicted octanol–water partition coefficient (Wildman–Crippen LogP) is 1.44. The summed E-state index contributed by atoms with van der Waals surface area (Å²) in [6, 6.07) is 0. The van der Waals surface area contributed by atoms with E-state index in [0.29, 0.717) is 25.2 Å². The Bertz CT molecular complexity index is 567. The van der Waals surface area contributed by atoms with E-state index in [1.54, 1.807) is 6.92 Å². The number of aliphatic hydroxyl groups excluding tert-OH is 4. The Morgan fingerprint density at radius 3 is 2.31 bits per heavy atom. The molecule has 4 saturated carbocycles. The highest BCUT2D eigenvalue weighted by molar-refractivity contribution is 5.18. The third kappa shape index (κ3) is 2.27. The standard InChI is InChI=1S/C21H36O5/c1-11(22)18-16(24)9-15-13-8-17(25)21(26)10-12(23)4-7-20(21,3)14(13)5-6-19(15,18)2/h11-18,22-26H,4-10H2,1-3H3/t11-,12+,13-,14+,15+,16+,17-,18+,19+,20-,21+/m1/s1. The third-order valence-electron chi connectivity index (χ3n) is 9.46. The van der Waals surface area contributed by atoms with Crippen LogP contribution in [-0.2, 0) is 0 Å². The van der Waals surface area contributed by atoms with E-state index in [0.717, 1.165) is 19.3 Å². The summed E-state index contributed by atoms with van der Waals surface area (Å²) in [5.41, 5.74) is -1.74. The van der Waals surface area contributed by atoms with E-state index in [2.05, 4.69) is 13.8 Å². The minimum absolute atomic E-state index is 0.117. The van der Waals surface area contributed by atoms with Gasteiger partial charge in [-0.15, -0.1) is 0 Å². The summed E-state index contributed by atoms with van der Waals surface area (Å²) in [4.78, 5) is 0. The van der Waals surface area contributed by atoms with Gasteiger partial charge in [-0.05, 0) is 68.6 Å². The molecule has 0 spiro atoms. The second-order valence-corrected chi connectivity index (χ2v) is 10.5. The molecule has 5 heteroatoms. The van der Waals surface area contributed by atoms with Crippen LogP contribution < -0.4 is 0 Å². The summed E-state index contributed by atoms with van der Waals surface area (Å²) in [5, 5.41) is 53.5. The van der Waals surface area contributed by atoms with Crippen molar-refractivity contribution < 1.29 is 25.5 Å². The lowest BCUT2D eigenvalue weighted by Gasteiger charge is -2.65. The van der Waals surface area contributed by atoms with Crippen molar-refractivity contribution in [3.8, 4) is 0 Å².